The summed E-state index contributed by atoms with van der Waals surface area (Å²) in [4.78, 5) is 16.3. The van der Waals surface area contributed by atoms with Crippen LogP contribution in [0, 0.1) is 0 Å². The Hall–Kier alpha value is -1.53. The lowest BCUT2D eigenvalue weighted by molar-refractivity contribution is 0.102. The van der Waals surface area contributed by atoms with Crippen molar-refractivity contribution in [1.82, 2.24) is 15.2 Å². The first-order chi connectivity index (χ1) is 8.86. The molecule has 7 heteroatoms. The summed E-state index contributed by atoms with van der Waals surface area (Å²) in [5, 5.41) is 12.8. The van der Waals surface area contributed by atoms with Crippen molar-refractivity contribution in [3.8, 4) is 0 Å². The Kier molecular flexibility index (Phi) is 3.82. The number of aromatic nitrogens is 3. The second-order valence-corrected chi connectivity index (χ2v) is 6.23. The molecule has 0 radical (unpaired) electrons. The van der Waals surface area contributed by atoms with E-state index in [4.69, 9.17) is 11.6 Å². The van der Waals surface area contributed by atoms with E-state index < -0.39 is 0 Å². The molecule has 5 nitrogen and oxygen atoms in total. The number of nitrogens with zero attached hydrogens (tertiary/aromatic N) is 3. The van der Waals surface area contributed by atoms with Crippen molar-refractivity contribution in [3.05, 3.63) is 34.1 Å². The van der Waals surface area contributed by atoms with Gasteiger partial charge in [0.15, 0.2) is 16.0 Å². The second kappa shape index (κ2) is 5.22. The Morgan fingerprint density at radius 3 is 2.58 bits per heavy atom. The number of carbonyl (C=O) groups is 1. The van der Waals surface area contributed by atoms with Crippen LogP contribution in [0.2, 0.25) is 5.15 Å². The van der Waals surface area contributed by atoms with Gasteiger partial charge in [-0.05, 0) is 12.1 Å². The average Bonchev–Trinajstić information content (AvgIpc) is 2.78. The number of amides is 1. The third kappa shape index (κ3) is 3.48. The van der Waals surface area contributed by atoms with Crippen LogP contribution in [0.5, 0.6) is 0 Å². The van der Waals surface area contributed by atoms with Crippen LogP contribution in [0.25, 0.3) is 0 Å². The zero-order valence-corrected chi connectivity index (χ0v) is 12.3. The lowest BCUT2D eigenvalue weighted by atomic mass is 9.93. The zero-order valence-electron chi connectivity index (χ0n) is 10.8. The quantitative estimate of drug-likeness (QED) is 0.924. The van der Waals surface area contributed by atoms with Crippen LogP contribution in [0.3, 0.4) is 0 Å². The summed E-state index contributed by atoms with van der Waals surface area (Å²) in [5.74, 6) is -0.348. The standard InChI is InChI=1S/C12H13ClN4OS/c1-12(2,3)8-6-19-11(14-8)15-10(18)7-4-5-9(13)17-16-7/h4-6H,1-3H3,(H,14,15,18). The topological polar surface area (TPSA) is 67.8 Å². The minimum atomic E-state index is -0.348. The number of thiazole rings is 1. The van der Waals surface area contributed by atoms with Gasteiger partial charge < -0.3 is 0 Å². The van der Waals surface area contributed by atoms with Gasteiger partial charge in [-0.25, -0.2) is 4.98 Å². The summed E-state index contributed by atoms with van der Waals surface area (Å²) >= 11 is 7.00. The Bertz CT molecular complexity index is 589. The van der Waals surface area contributed by atoms with Crippen LogP contribution in [0.15, 0.2) is 17.5 Å². The molecule has 0 bridgehead atoms. The summed E-state index contributed by atoms with van der Waals surface area (Å²) in [6.07, 6.45) is 0. The number of rotatable bonds is 2. The van der Waals surface area contributed by atoms with Gasteiger partial charge >= 0.3 is 0 Å². The smallest absolute Gasteiger partial charge is 0.277 e. The van der Waals surface area contributed by atoms with Gasteiger partial charge in [0.25, 0.3) is 5.91 Å². The Morgan fingerprint density at radius 1 is 1.32 bits per heavy atom. The third-order valence-electron chi connectivity index (χ3n) is 2.36. The molecule has 2 aromatic heterocycles. The fraction of sp³-hybridized carbons (Fsp3) is 0.333. The molecule has 0 aromatic carbocycles. The van der Waals surface area contributed by atoms with Crippen molar-refractivity contribution in [2.75, 3.05) is 5.32 Å². The molecule has 0 aliphatic carbocycles. The molecule has 2 aromatic rings. The number of halogens is 1. The fourth-order valence-electron chi connectivity index (χ4n) is 1.27. The molecular weight excluding hydrogens is 284 g/mol. The number of nitrogens with one attached hydrogen (secondary N) is 1. The van der Waals surface area contributed by atoms with Gasteiger partial charge in [0, 0.05) is 10.8 Å². The first-order valence-electron chi connectivity index (χ1n) is 5.63. The maximum absolute atomic E-state index is 11.9. The largest absolute Gasteiger partial charge is 0.296 e. The first-order valence-corrected chi connectivity index (χ1v) is 6.88. The van der Waals surface area contributed by atoms with Crippen molar-refractivity contribution in [3.63, 3.8) is 0 Å². The maximum atomic E-state index is 11.9. The maximum Gasteiger partial charge on any atom is 0.277 e. The molecule has 0 saturated heterocycles. The number of hydrogen-bond acceptors (Lipinski definition) is 5. The molecule has 1 N–H and O–H groups in total. The molecule has 19 heavy (non-hydrogen) atoms. The van der Waals surface area contributed by atoms with E-state index >= 15 is 0 Å². The highest BCUT2D eigenvalue weighted by atomic mass is 35.5. The van der Waals surface area contributed by atoms with E-state index in [1.54, 1.807) is 0 Å². The number of hydrogen-bond donors (Lipinski definition) is 1. The van der Waals surface area contributed by atoms with Gasteiger partial charge in [0.2, 0.25) is 0 Å². The molecule has 0 unspecified atom stereocenters. The second-order valence-electron chi connectivity index (χ2n) is 4.98. The van der Waals surface area contributed by atoms with Gasteiger partial charge in [-0.2, -0.15) is 0 Å². The van der Waals surface area contributed by atoms with Crippen molar-refractivity contribution in [2.45, 2.75) is 26.2 Å². The number of anilines is 1. The molecule has 2 heterocycles. The molecule has 100 valence electrons. The third-order valence-corrected chi connectivity index (χ3v) is 3.32. The molecule has 0 spiro atoms. The SMILES string of the molecule is CC(C)(C)c1csc(NC(=O)c2ccc(Cl)nn2)n1. The first kappa shape index (κ1) is 13.9. The van der Waals surface area contributed by atoms with Crippen molar-refractivity contribution in [2.24, 2.45) is 0 Å². The van der Waals surface area contributed by atoms with E-state index in [1.807, 2.05) is 5.38 Å². The molecule has 0 aliphatic rings. The summed E-state index contributed by atoms with van der Waals surface area (Å²) in [5.41, 5.74) is 1.10. The van der Waals surface area contributed by atoms with E-state index in [-0.39, 0.29) is 22.2 Å². The zero-order chi connectivity index (χ0) is 14.0. The molecule has 0 saturated carbocycles. The molecule has 0 fully saturated rings. The van der Waals surface area contributed by atoms with Crippen LogP contribution in [0.4, 0.5) is 5.13 Å². The summed E-state index contributed by atoms with van der Waals surface area (Å²) < 4.78 is 0. The normalized spacial score (nSPS) is 11.4. The van der Waals surface area contributed by atoms with Crippen LogP contribution in [-0.2, 0) is 5.41 Å². The predicted molar refractivity (Wildman–Crippen MR) is 75.8 cm³/mol. The van der Waals surface area contributed by atoms with Crippen molar-refractivity contribution >= 4 is 34.0 Å². The highest BCUT2D eigenvalue weighted by Gasteiger charge is 2.18. The van der Waals surface area contributed by atoms with E-state index in [0.29, 0.717) is 5.13 Å². The van der Waals surface area contributed by atoms with Gasteiger partial charge in [0.05, 0.1) is 5.69 Å². The lowest BCUT2D eigenvalue weighted by Gasteiger charge is -2.14. The van der Waals surface area contributed by atoms with Crippen molar-refractivity contribution in [1.29, 1.82) is 0 Å². The molecule has 2 rings (SSSR count). The average molecular weight is 297 g/mol. The summed E-state index contributed by atoms with van der Waals surface area (Å²) in [7, 11) is 0. The van der Waals surface area contributed by atoms with Gasteiger partial charge in [0.1, 0.15) is 0 Å². The Morgan fingerprint density at radius 2 is 2.05 bits per heavy atom. The summed E-state index contributed by atoms with van der Waals surface area (Å²) in [6.45, 7) is 6.20. The molecule has 0 atom stereocenters. The van der Waals surface area contributed by atoms with Gasteiger partial charge in [-0.15, -0.1) is 21.5 Å². The van der Waals surface area contributed by atoms with Crippen LogP contribution in [-0.4, -0.2) is 21.1 Å². The molecular formula is C12H13ClN4OS. The summed E-state index contributed by atoms with van der Waals surface area (Å²) in [6, 6.07) is 3.04. The van der Waals surface area contributed by atoms with Crippen LogP contribution >= 0.6 is 22.9 Å². The number of carbonyl (C=O) groups excluding carboxylic acids is 1. The highest BCUT2D eigenvalue weighted by Crippen LogP contribution is 2.26. The Balaban J connectivity index is 2.11. The molecule has 0 aliphatic heterocycles. The van der Waals surface area contributed by atoms with Crippen LogP contribution < -0.4 is 5.32 Å². The van der Waals surface area contributed by atoms with E-state index in [1.165, 1.54) is 23.5 Å². The van der Waals surface area contributed by atoms with Gasteiger partial charge in [-0.1, -0.05) is 32.4 Å². The lowest BCUT2D eigenvalue weighted by Crippen LogP contribution is -2.15. The Labute approximate surface area is 120 Å². The predicted octanol–water partition coefficient (Wildman–Crippen LogP) is 3.14. The fourth-order valence-corrected chi connectivity index (χ4v) is 2.31. The van der Waals surface area contributed by atoms with E-state index in [9.17, 15) is 4.79 Å². The highest BCUT2D eigenvalue weighted by molar-refractivity contribution is 7.14. The molecule has 1 amide bonds. The van der Waals surface area contributed by atoms with Crippen molar-refractivity contribution < 1.29 is 4.79 Å². The van der Waals surface area contributed by atoms with E-state index in [2.05, 4.69) is 41.3 Å². The van der Waals surface area contributed by atoms with E-state index in [0.717, 1.165) is 5.69 Å². The minimum Gasteiger partial charge on any atom is -0.296 e. The minimum absolute atomic E-state index is 0.0421. The van der Waals surface area contributed by atoms with Crippen LogP contribution in [0.1, 0.15) is 37.0 Å². The van der Waals surface area contributed by atoms with Gasteiger partial charge in [-0.3, -0.25) is 10.1 Å². The monoisotopic (exact) mass is 296 g/mol.